The quantitative estimate of drug-likeness (QED) is 0.421. The predicted octanol–water partition coefficient (Wildman–Crippen LogP) is -0.639. The van der Waals surface area contributed by atoms with E-state index in [0.717, 1.165) is 0 Å². The van der Waals surface area contributed by atoms with Crippen LogP contribution in [0.25, 0.3) is 0 Å². The van der Waals surface area contributed by atoms with E-state index in [4.69, 9.17) is 10.2 Å². The molecule has 0 saturated heterocycles. The fourth-order valence-electron chi connectivity index (χ4n) is 1.04. The number of aliphatic carboxylic acids is 2. The normalized spacial score (nSPS) is 25.6. The third-order valence-electron chi connectivity index (χ3n) is 1.94. The molecule has 0 amide bonds. The van der Waals surface area contributed by atoms with Gasteiger partial charge in [0.2, 0.25) is 0 Å². The van der Waals surface area contributed by atoms with Gasteiger partial charge in [-0.2, -0.15) is 0 Å². The highest BCUT2D eigenvalue weighted by molar-refractivity contribution is 6.05. The maximum absolute atomic E-state index is 10.4. The maximum atomic E-state index is 10.4. The largest absolute Gasteiger partial charge is 0.480 e. The van der Waals surface area contributed by atoms with E-state index in [0.29, 0.717) is 6.29 Å². The number of carboxylic acids is 2. The molecule has 0 bridgehead atoms. The van der Waals surface area contributed by atoms with Gasteiger partial charge in [-0.3, -0.25) is 9.59 Å². The molecule has 1 rings (SSSR count). The molecule has 1 unspecified atom stereocenters. The minimum atomic E-state index is -1.82. The molecule has 2 N–H and O–H groups in total. The number of rotatable bonds is 3. The molecule has 1 fully saturated rings. The zero-order valence-corrected chi connectivity index (χ0v) is 5.48. The third-order valence-corrected chi connectivity index (χ3v) is 1.94. The molecular formula is C6H6O5. The Morgan fingerprint density at radius 3 is 1.91 bits per heavy atom. The summed E-state index contributed by atoms with van der Waals surface area (Å²) in [5.74, 6) is -3.71. The molecule has 5 nitrogen and oxygen atoms in total. The highest BCUT2D eigenvalue weighted by Gasteiger charge is 2.67. The first-order valence-corrected chi connectivity index (χ1v) is 2.97. The minimum Gasteiger partial charge on any atom is -0.480 e. The number of carbonyl (C=O) groups excluding carboxylic acids is 1. The van der Waals surface area contributed by atoms with Gasteiger partial charge < -0.3 is 15.0 Å². The van der Waals surface area contributed by atoms with E-state index in [2.05, 4.69) is 0 Å². The van der Waals surface area contributed by atoms with E-state index in [-0.39, 0.29) is 6.42 Å². The van der Waals surface area contributed by atoms with Crippen molar-refractivity contribution in [1.82, 2.24) is 0 Å². The molecule has 1 atom stereocenters. The monoisotopic (exact) mass is 158 g/mol. The SMILES string of the molecule is O=CC1CC1(C(=O)O)C(=O)O. The van der Waals surface area contributed by atoms with E-state index < -0.39 is 23.3 Å². The topological polar surface area (TPSA) is 91.7 Å². The summed E-state index contributed by atoms with van der Waals surface area (Å²) in [6.07, 6.45) is 0.295. The minimum absolute atomic E-state index is 0.0822. The van der Waals surface area contributed by atoms with Gasteiger partial charge in [0.15, 0.2) is 5.41 Å². The fraction of sp³-hybridized carbons (Fsp3) is 0.500. The Hall–Kier alpha value is -1.39. The van der Waals surface area contributed by atoms with Gasteiger partial charge in [0.05, 0.1) is 0 Å². The second kappa shape index (κ2) is 2.05. The number of aldehydes is 1. The van der Waals surface area contributed by atoms with Crippen LogP contribution in [0.2, 0.25) is 0 Å². The molecule has 5 heteroatoms. The molecule has 1 aliphatic rings. The van der Waals surface area contributed by atoms with E-state index in [1.807, 2.05) is 0 Å². The molecule has 1 aliphatic carbocycles. The van der Waals surface area contributed by atoms with Crippen LogP contribution in [0.1, 0.15) is 6.42 Å². The lowest BCUT2D eigenvalue weighted by atomic mass is 10.1. The van der Waals surface area contributed by atoms with Gasteiger partial charge in [0, 0.05) is 5.92 Å². The lowest BCUT2D eigenvalue weighted by molar-refractivity contribution is -0.158. The number of carbonyl (C=O) groups is 3. The van der Waals surface area contributed by atoms with Crippen molar-refractivity contribution >= 4 is 18.2 Å². The van der Waals surface area contributed by atoms with E-state index >= 15 is 0 Å². The molecule has 1 saturated carbocycles. The van der Waals surface area contributed by atoms with E-state index in [9.17, 15) is 14.4 Å². The van der Waals surface area contributed by atoms with Crippen molar-refractivity contribution in [3.05, 3.63) is 0 Å². The van der Waals surface area contributed by atoms with Crippen LogP contribution in [0.15, 0.2) is 0 Å². The third kappa shape index (κ3) is 0.806. The summed E-state index contributed by atoms with van der Waals surface area (Å²) in [5.41, 5.74) is -1.82. The molecule has 11 heavy (non-hydrogen) atoms. The summed E-state index contributed by atoms with van der Waals surface area (Å²) in [6, 6.07) is 0. The van der Waals surface area contributed by atoms with Gasteiger partial charge in [-0.15, -0.1) is 0 Å². The summed E-state index contributed by atoms with van der Waals surface area (Å²) in [6.45, 7) is 0. The first-order chi connectivity index (χ1) is 5.05. The Morgan fingerprint density at radius 2 is 1.82 bits per heavy atom. The molecular weight excluding hydrogens is 152 g/mol. The summed E-state index contributed by atoms with van der Waals surface area (Å²) < 4.78 is 0. The van der Waals surface area contributed by atoms with E-state index in [1.54, 1.807) is 0 Å². The molecule has 0 aliphatic heterocycles. The summed E-state index contributed by atoms with van der Waals surface area (Å²) >= 11 is 0. The smallest absolute Gasteiger partial charge is 0.321 e. The second-order valence-corrected chi connectivity index (χ2v) is 2.53. The molecule has 0 aromatic carbocycles. The zero-order chi connectivity index (χ0) is 8.65. The maximum Gasteiger partial charge on any atom is 0.321 e. The lowest BCUT2D eigenvalue weighted by Gasteiger charge is -2.01. The Labute approximate surface area is 61.6 Å². The zero-order valence-electron chi connectivity index (χ0n) is 5.48. The summed E-state index contributed by atoms with van der Waals surface area (Å²) in [5, 5.41) is 16.9. The summed E-state index contributed by atoms with van der Waals surface area (Å²) in [7, 11) is 0. The predicted molar refractivity (Wildman–Crippen MR) is 31.9 cm³/mol. The van der Waals surface area contributed by atoms with Crippen molar-refractivity contribution in [3.8, 4) is 0 Å². The van der Waals surface area contributed by atoms with Crippen LogP contribution in [-0.2, 0) is 14.4 Å². The van der Waals surface area contributed by atoms with Gasteiger partial charge in [0.1, 0.15) is 6.29 Å². The van der Waals surface area contributed by atoms with Crippen molar-refractivity contribution in [2.45, 2.75) is 6.42 Å². The van der Waals surface area contributed by atoms with Gasteiger partial charge in [0.25, 0.3) is 0 Å². The molecule has 0 spiro atoms. The molecule has 0 radical (unpaired) electrons. The van der Waals surface area contributed by atoms with Gasteiger partial charge in [-0.25, -0.2) is 0 Å². The van der Waals surface area contributed by atoms with Crippen molar-refractivity contribution < 1.29 is 24.6 Å². The Balaban J connectivity index is 2.87. The van der Waals surface area contributed by atoms with Crippen LogP contribution in [0, 0.1) is 11.3 Å². The van der Waals surface area contributed by atoms with Crippen molar-refractivity contribution in [1.29, 1.82) is 0 Å². The van der Waals surface area contributed by atoms with Crippen LogP contribution in [0.4, 0.5) is 0 Å². The van der Waals surface area contributed by atoms with Crippen molar-refractivity contribution in [2.75, 3.05) is 0 Å². The van der Waals surface area contributed by atoms with Gasteiger partial charge in [-0.05, 0) is 6.42 Å². The Bertz CT molecular complexity index is 217. The van der Waals surface area contributed by atoms with Crippen molar-refractivity contribution in [3.63, 3.8) is 0 Å². The highest BCUT2D eigenvalue weighted by atomic mass is 16.4. The fourth-order valence-corrected chi connectivity index (χ4v) is 1.04. The number of hydrogen-bond acceptors (Lipinski definition) is 3. The van der Waals surface area contributed by atoms with Gasteiger partial charge >= 0.3 is 11.9 Å². The number of hydrogen-bond donors (Lipinski definition) is 2. The number of carboxylic acid groups (broad SMARTS) is 2. The highest BCUT2D eigenvalue weighted by Crippen LogP contribution is 2.51. The summed E-state index contributed by atoms with van der Waals surface area (Å²) in [4.78, 5) is 30.8. The van der Waals surface area contributed by atoms with E-state index in [1.165, 1.54) is 0 Å². The molecule has 0 heterocycles. The molecule has 0 aromatic heterocycles. The molecule has 0 aromatic rings. The average Bonchev–Trinajstić information content (AvgIpc) is 2.61. The molecule has 60 valence electrons. The van der Waals surface area contributed by atoms with Crippen LogP contribution in [0.3, 0.4) is 0 Å². The standard InChI is InChI=1S/C6H6O5/c7-2-3-1-6(3,4(8)9)5(10)11/h2-3H,1H2,(H,8,9)(H,10,11). The lowest BCUT2D eigenvalue weighted by Crippen LogP contribution is -2.27. The van der Waals surface area contributed by atoms with Gasteiger partial charge in [-0.1, -0.05) is 0 Å². The average molecular weight is 158 g/mol. The van der Waals surface area contributed by atoms with Crippen LogP contribution in [-0.4, -0.2) is 28.4 Å². The first-order valence-electron chi connectivity index (χ1n) is 2.97. The van der Waals surface area contributed by atoms with Crippen LogP contribution in [0.5, 0.6) is 0 Å². The van der Waals surface area contributed by atoms with Crippen molar-refractivity contribution in [2.24, 2.45) is 11.3 Å². The first kappa shape index (κ1) is 7.71. The van der Waals surface area contributed by atoms with Crippen LogP contribution >= 0.6 is 0 Å². The Morgan fingerprint density at radius 1 is 1.36 bits per heavy atom. The Kier molecular flexibility index (Phi) is 1.44. The van der Waals surface area contributed by atoms with Crippen LogP contribution < -0.4 is 0 Å². The second-order valence-electron chi connectivity index (χ2n) is 2.53.